The van der Waals surface area contributed by atoms with Crippen LogP contribution in [0, 0.1) is 5.92 Å². The summed E-state index contributed by atoms with van der Waals surface area (Å²) in [6, 6.07) is 7.28. The maximum absolute atomic E-state index is 12.7. The van der Waals surface area contributed by atoms with Crippen molar-refractivity contribution in [3.63, 3.8) is 0 Å². The van der Waals surface area contributed by atoms with Crippen molar-refractivity contribution in [2.75, 3.05) is 6.54 Å². The molecule has 19 heavy (non-hydrogen) atoms. The zero-order valence-corrected chi connectivity index (χ0v) is 11.5. The Labute approximate surface area is 113 Å². The van der Waals surface area contributed by atoms with Crippen LogP contribution in [-0.4, -0.2) is 12.6 Å². The summed E-state index contributed by atoms with van der Waals surface area (Å²) in [5, 5.41) is 3.48. The van der Waals surface area contributed by atoms with E-state index in [4.69, 9.17) is 0 Å². The Morgan fingerprint density at radius 2 is 2.11 bits per heavy atom. The Morgan fingerprint density at radius 3 is 2.68 bits per heavy atom. The van der Waals surface area contributed by atoms with Crippen molar-refractivity contribution in [2.24, 2.45) is 5.92 Å². The van der Waals surface area contributed by atoms with Gasteiger partial charge in [-0.05, 0) is 30.4 Å². The van der Waals surface area contributed by atoms with Crippen LogP contribution in [0.2, 0.25) is 0 Å². The second-order valence-corrected chi connectivity index (χ2v) is 5.50. The monoisotopic (exact) mass is 265 g/mol. The molecule has 1 aromatic rings. The number of nitrogens with one attached hydrogen (secondary N) is 1. The fourth-order valence-electron chi connectivity index (χ4n) is 1.97. The Morgan fingerprint density at radius 1 is 1.37 bits per heavy atom. The van der Waals surface area contributed by atoms with Crippen LogP contribution in [0.5, 0.6) is 0 Å². The normalized spacial score (nSPS) is 16.4. The standard InChI is InChI=1S/C16H21F2N/c1-11(2)14(10-19-15-6-7-15)9-12-4-3-5-13(8-12)16(17)18/h3-5,8-9,11,15-16,19H,6-7,10H2,1-2H3/b14-9+. The molecule has 104 valence electrons. The van der Waals surface area contributed by atoms with E-state index in [9.17, 15) is 8.78 Å². The third-order valence-corrected chi connectivity index (χ3v) is 3.43. The smallest absolute Gasteiger partial charge is 0.263 e. The van der Waals surface area contributed by atoms with Gasteiger partial charge in [-0.25, -0.2) is 8.78 Å². The van der Waals surface area contributed by atoms with E-state index >= 15 is 0 Å². The highest BCUT2D eigenvalue weighted by atomic mass is 19.3. The molecule has 0 bridgehead atoms. The lowest BCUT2D eigenvalue weighted by Gasteiger charge is -2.13. The molecule has 0 radical (unpaired) electrons. The Balaban J connectivity index is 2.11. The van der Waals surface area contributed by atoms with Crippen LogP contribution in [0.25, 0.3) is 6.08 Å². The molecule has 2 rings (SSSR count). The van der Waals surface area contributed by atoms with Gasteiger partial charge >= 0.3 is 0 Å². The zero-order chi connectivity index (χ0) is 13.8. The minimum absolute atomic E-state index is 0.0898. The van der Waals surface area contributed by atoms with Gasteiger partial charge in [0.1, 0.15) is 0 Å². The van der Waals surface area contributed by atoms with Gasteiger partial charge in [0.15, 0.2) is 0 Å². The molecule has 1 aliphatic carbocycles. The first-order chi connectivity index (χ1) is 9.06. The second kappa shape index (κ2) is 6.29. The van der Waals surface area contributed by atoms with E-state index in [1.807, 2.05) is 12.1 Å². The van der Waals surface area contributed by atoms with Crippen molar-refractivity contribution in [3.8, 4) is 0 Å². The molecule has 1 aromatic carbocycles. The fraction of sp³-hybridized carbons (Fsp3) is 0.500. The number of benzene rings is 1. The molecule has 1 nitrogen and oxygen atoms in total. The molecular weight excluding hydrogens is 244 g/mol. The van der Waals surface area contributed by atoms with Crippen LogP contribution in [0.3, 0.4) is 0 Å². The number of rotatable bonds is 6. The summed E-state index contributed by atoms with van der Waals surface area (Å²) >= 11 is 0. The third-order valence-electron chi connectivity index (χ3n) is 3.43. The summed E-state index contributed by atoms with van der Waals surface area (Å²) in [6.07, 6.45) is 2.14. The van der Waals surface area contributed by atoms with Crippen LogP contribution in [0.1, 0.15) is 44.2 Å². The average molecular weight is 265 g/mol. The topological polar surface area (TPSA) is 12.0 Å². The lowest BCUT2D eigenvalue weighted by Crippen LogP contribution is -2.21. The van der Waals surface area contributed by atoms with Gasteiger partial charge in [-0.2, -0.15) is 0 Å². The van der Waals surface area contributed by atoms with Gasteiger partial charge in [0, 0.05) is 18.2 Å². The minimum atomic E-state index is -2.40. The van der Waals surface area contributed by atoms with Crippen molar-refractivity contribution in [3.05, 3.63) is 41.0 Å². The first-order valence-electron chi connectivity index (χ1n) is 6.88. The van der Waals surface area contributed by atoms with Crippen molar-refractivity contribution in [1.29, 1.82) is 0 Å². The fourth-order valence-corrected chi connectivity index (χ4v) is 1.97. The van der Waals surface area contributed by atoms with Gasteiger partial charge < -0.3 is 5.32 Å². The van der Waals surface area contributed by atoms with Crippen molar-refractivity contribution < 1.29 is 8.78 Å². The second-order valence-electron chi connectivity index (χ2n) is 5.50. The predicted molar refractivity (Wildman–Crippen MR) is 75.2 cm³/mol. The maximum atomic E-state index is 12.7. The SMILES string of the molecule is CC(C)/C(=C/c1cccc(C(F)F)c1)CNC1CC1. The van der Waals surface area contributed by atoms with Gasteiger partial charge in [0.05, 0.1) is 0 Å². The molecule has 0 unspecified atom stereocenters. The molecule has 0 aliphatic heterocycles. The summed E-state index contributed by atoms with van der Waals surface area (Å²) in [4.78, 5) is 0. The molecule has 0 heterocycles. The van der Waals surface area contributed by atoms with Crippen LogP contribution < -0.4 is 5.32 Å². The molecule has 0 spiro atoms. The molecule has 0 aromatic heterocycles. The molecular formula is C16H21F2N. The van der Waals surface area contributed by atoms with E-state index in [0.29, 0.717) is 12.0 Å². The molecule has 0 saturated heterocycles. The number of hydrogen-bond donors (Lipinski definition) is 1. The van der Waals surface area contributed by atoms with Crippen LogP contribution in [-0.2, 0) is 0 Å². The van der Waals surface area contributed by atoms with Gasteiger partial charge in [0.25, 0.3) is 6.43 Å². The zero-order valence-electron chi connectivity index (χ0n) is 11.5. The summed E-state index contributed by atoms with van der Waals surface area (Å²) in [6.45, 7) is 5.12. The van der Waals surface area contributed by atoms with E-state index in [-0.39, 0.29) is 5.56 Å². The first-order valence-corrected chi connectivity index (χ1v) is 6.88. The van der Waals surface area contributed by atoms with Crippen LogP contribution in [0.4, 0.5) is 8.78 Å². The van der Waals surface area contributed by atoms with E-state index in [0.717, 1.165) is 12.1 Å². The molecule has 1 fully saturated rings. The summed E-state index contributed by atoms with van der Waals surface area (Å²) < 4.78 is 25.3. The molecule has 1 aliphatic rings. The van der Waals surface area contributed by atoms with Crippen molar-refractivity contribution in [1.82, 2.24) is 5.32 Å². The highest BCUT2D eigenvalue weighted by Gasteiger charge is 2.20. The van der Waals surface area contributed by atoms with Gasteiger partial charge in [-0.15, -0.1) is 0 Å². The highest BCUT2D eigenvalue weighted by molar-refractivity contribution is 5.54. The molecule has 0 atom stereocenters. The van der Waals surface area contributed by atoms with Gasteiger partial charge in [0.2, 0.25) is 0 Å². The van der Waals surface area contributed by atoms with Crippen LogP contribution in [0.15, 0.2) is 29.8 Å². The Hall–Kier alpha value is -1.22. The summed E-state index contributed by atoms with van der Waals surface area (Å²) in [7, 11) is 0. The molecule has 3 heteroatoms. The largest absolute Gasteiger partial charge is 0.310 e. The lowest BCUT2D eigenvalue weighted by molar-refractivity contribution is 0.151. The Bertz CT molecular complexity index is 448. The molecule has 1 saturated carbocycles. The Kier molecular flexibility index (Phi) is 4.70. The van der Waals surface area contributed by atoms with Crippen LogP contribution >= 0.6 is 0 Å². The van der Waals surface area contributed by atoms with E-state index in [2.05, 4.69) is 19.2 Å². The molecule has 0 amide bonds. The lowest BCUT2D eigenvalue weighted by atomic mass is 9.99. The summed E-state index contributed by atoms with van der Waals surface area (Å²) in [5.74, 6) is 0.418. The van der Waals surface area contributed by atoms with E-state index < -0.39 is 6.43 Å². The average Bonchev–Trinajstić information content (AvgIpc) is 3.18. The number of hydrogen-bond acceptors (Lipinski definition) is 1. The van der Waals surface area contributed by atoms with Crippen molar-refractivity contribution in [2.45, 2.75) is 39.2 Å². The van der Waals surface area contributed by atoms with E-state index in [1.165, 1.54) is 24.5 Å². The number of halogens is 2. The van der Waals surface area contributed by atoms with Gasteiger partial charge in [-0.3, -0.25) is 0 Å². The van der Waals surface area contributed by atoms with Gasteiger partial charge in [-0.1, -0.05) is 43.7 Å². The molecule has 1 N–H and O–H groups in total. The van der Waals surface area contributed by atoms with E-state index in [1.54, 1.807) is 12.1 Å². The number of alkyl halides is 2. The predicted octanol–water partition coefficient (Wildman–Crippen LogP) is 4.42. The third kappa shape index (κ3) is 4.43. The summed E-state index contributed by atoms with van der Waals surface area (Å²) in [5.41, 5.74) is 2.21. The minimum Gasteiger partial charge on any atom is -0.310 e. The van der Waals surface area contributed by atoms with Crippen molar-refractivity contribution >= 4 is 6.08 Å². The maximum Gasteiger partial charge on any atom is 0.263 e. The quantitative estimate of drug-likeness (QED) is 0.803. The highest BCUT2D eigenvalue weighted by Crippen LogP contribution is 2.23. The first kappa shape index (κ1) is 14.2.